The first-order valence-corrected chi connectivity index (χ1v) is 9.56. The Kier molecular flexibility index (Phi) is 6.48. The molecular weight excluding hydrogens is 335 g/mol. The Morgan fingerprint density at radius 1 is 1.20 bits per heavy atom. The van der Waals surface area contributed by atoms with E-state index in [9.17, 15) is 9.18 Å². The third kappa shape index (κ3) is 5.06. The average Bonchev–Trinajstić information content (AvgIpc) is 3.15. The van der Waals surface area contributed by atoms with E-state index in [-0.39, 0.29) is 11.7 Å². The molecule has 1 fully saturated rings. The molecule has 0 aliphatic carbocycles. The average molecular weight is 358 g/mol. The molecule has 1 amide bonds. The molecule has 5 heteroatoms. The standard InChI is InChI=1S/C20H23FN2OS/c21-17-8-4-5-9-18(17)25-19(16-6-2-1-3-7-16)20(24)23-13-11-15-10-12-22-14-15/h1-9,15,19,22H,10-14H2,(H,23,24). The normalized spacial score (nSPS) is 18.0. The van der Waals surface area contributed by atoms with Gasteiger partial charge in [-0.1, -0.05) is 42.5 Å². The maximum atomic E-state index is 14.0. The van der Waals surface area contributed by atoms with Crippen molar-refractivity contribution in [3.63, 3.8) is 0 Å². The summed E-state index contributed by atoms with van der Waals surface area (Å²) in [6.07, 6.45) is 2.15. The van der Waals surface area contributed by atoms with Crippen molar-refractivity contribution >= 4 is 17.7 Å². The fourth-order valence-electron chi connectivity index (χ4n) is 3.02. The van der Waals surface area contributed by atoms with Gasteiger partial charge in [0.25, 0.3) is 0 Å². The molecule has 0 spiro atoms. The van der Waals surface area contributed by atoms with Gasteiger partial charge in [0.15, 0.2) is 0 Å². The zero-order chi connectivity index (χ0) is 17.5. The number of hydrogen-bond donors (Lipinski definition) is 2. The highest BCUT2D eigenvalue weighted by Gasteiger charge is 2.23. The zero-order valence-electron chi connectivity index (χ0n) is 14.1. The van der Waals surface area contributed by atoms with Gasteiger partial charge < -0.3 is 10.6 Å². The molecule has 1 aliphatic rings. The largest absolute Gasteiger partial charge is 0.355 e. The molecule has 2 aromatic rings. The van der Waals surface area contributed by atoms with Gasteiger partial charge in [0.2, 0.25) is 5.91 Å². The molecule has 0 aromatic heterocycles. The smallest absolute Gasteiger partial charge is 0.237 e. The van der Waals surface area contributed by atoms with Crippen LogP contribution in [0, 0.1) is 11.7 Å². The van der Waals surface area contributed by atoms with Crippen molar-refractivity contribution in [2.45, 2.75) is 23.0 Å². The maximum Gasteiger partial charge on any atom is 0.237 e. The quantitative estimate of drug-likeness (QED) is 0.740. The predicted molar refractivity (Wildman–Crippen MR) is 100 cm³/mol. The summed E-state index contributed by atoms with van der Waals surface area (Å²) in [7, 11) is 0. The van der Waals surface area contributed by atoms with Crippen LogP contribution in [0.5, 0.6) is 0 Å². The summed E-state index contributed by atoms with van der Waals surface area (Å²) in [6, 6.07) is 16.1. The van der Waals surface area contributed by atoms with Crippen molar-refractivity contribution in [3.8, 4) is 0 Å². The Morgan fingerprint density at radius 2 is 1.96 bits per heavy atom. The molecule has 0 radical (unpaired) electrons. The first-order chi connectivity index (χ1) is 12.2. The minimum atomic E-state index is -0.459. The van der Waals surface area contributed by atoms with Crippen LogP contribution in [0.1, 0.15) is 23.7 Å². The number of carbonyl (C=O) groups excluding carboxylic acids is 1. The van der Waals surface area contributed by atoms with Gasteiger partial charge in [-0.25, -0.2) is 4.39 Å². The SMILES string of the molecule is O=C(NCCC1CCNC1)C(Sc1ccccc1F)c1ccccc1. The van der Waals surface area contributed by atoms with Gasteiger partial charge in [-0.3, -0.25) is 4.79 Å². The Hall–Kier alpha value is -1.85. The summed E-state index contributed by atoms with van der Waals surface area (Å²) in [5.74, 6) is 0.276. The lowest BCUT2D eigenvalue weighted by Gasteiger charge is -2.18. The number of carbonyl (C=O) groups is 1. The van der Waals surface area contributed by atoms with Crippen molar-refractivity contribution in [3.05, 3.63) is 66.0 Å². The molecule has 2 unspecified atom stereocenters. The van der Waals surface area contributed by atoms with E-state index >= 15 is 0 Å². The van der Waals surface area contributed by atoms with Gasteiger partial charge in [0.05, 0.1) is 0 Å². The van der Waals surface area contributed by atoms with Crippen molar-refractivity contribution in [2.75, 3.05) is 19.6 Å². The lowest BCUT2D eigenvalue weighted by molar-refractivity contribution is -0.120. The summed E-state index contributed by atoms with van der Waals surface area (Å²) in [5.41, 5.74) is 0.885. The lowest BCUT2D eigenvalue weighted by Crippen LogP contribution is -2.30. The van der Waals surface area contributed by atoms with Crippen LogP contribution in [0.15, 0.2) is 59.5 Å². The Labute approximate surface area is 152 Å². The molecule has 0 saturated carbocycles. The van der Waals surface area contributed by atoms with Gasteiger partial charge in [-0.2, -0.15) is 0 Å². The summed E-state index contributed by atoms with van der Waals surface area (Å²) in [6.45, 7) is 2.75. The fourth-order valence-corrected chi connectivity index (χ4v) is 4.10. The molecule has 2 N–H and O–H groups in total. The molecule has 2 atom stereocenters. The van der Waals surface area contributed by atoms with E-state index in [1.807, 2.05) is 30.3 Å². The number of benzene rings is 2. The highest BCUT2D eigenvalue weighted by molar-refractivity contribution is 8.00. The van der Waals surface area contributed by atoms with Gasteiger partial charge in [0, 0.05) is 11.4 Å². The molecule has 0 bridgehead atoms. The molecule has 25 heavy (non-hydrogen) atoms. The van der Waals surface area contributed by atoms with Crippen molar-refractivity contribution in [2.24, 2.45) is 5.92 Å². The summed E-state index contributed by atoms with van der Waals surface area (Å²) in [5, 5.41) is 5.92. The summed E-state index contributed by atoms with van der Waals surface area (Å²) < 4.78 is 14.0. The minimum absolute atomic E-state index is 0.0644. The van der Waals surface area contributed by atoms with Crippen molar-refractivity contribution in [1.29, 1.82) is 0 Å². The van der Waals surface area contributed by atoms with Gasteiger partial charge >= 0.3 is 0 Å². The monoisotopic (exact) mass is 358 g/mol. The van der Waals surface area contributed by atoms with E-state index in [1.165, 1.54) is 24.2 Å². The highest BCUT2D eigenvalue weighted by atomic mass is 32.2. The van der Waals surface area contributed by atoms with Crippen LogP contribution in [-0.2, 0) is 4.79 Å². The van der Waals surface area contributed by atoms with Crippen LogP contribution in [0.2, 0.25) is 0 Å². The second-order valence-electron chi connectivity index (χ2n) is 6.28. The minimum Gasteiger partial charge on any atom is -0.355 e. The van der Waals surface area contributed by atoms with Gasteiger partial charge in [0.1, 0.15) is 11.1 Å². The predicted octanol–water partition coefficient (Wildman–Crippen LogP) is 3.77. The van der Waals surface area contributed by atoms with Crippen molar-refractivity contribution < 1.29 is 9.18 Å². The van der Waals surface area contributed by atoms with E-state index in [2.05, 4.69) is 10.6 Å². The van der Waals surface area contributed by atoms with Crippen LogP contribution >= 0.6 is 11.8 Å². The van der Waals surface area contributed by atoms with Gasteiger partial charge in [-0.05, 0) is 49.5 Å². The Balaban J connectivity index is 1.67. The zero-order valence-corrected chi connectivity index (χ0v) is 14.9. The molecule has 3 nitrogen and oxygen atoms in total. The molecule has 1 heterocycles. The molecule has 1 aliphatic heterocycles. The maximum absolute atomic E-state index is 14.0. The van der Waals surface area contributed by atoms with Crippen LogP contribution in [0.3, 0.4) is 0 Å². The van der Waals surface area contributed by atoms with E-state index in [0.29, 0.717) is 17.4 Å². The number of thioether (sulfide) groups is 1. The third-order valence-corrected chi connectivity index (χ3v) is 5.74. The first kappa shape index (κ1) is 18.0. The molecule has 132 valence electrons. The van der Waals surface area contributed by atoms with Crippen LogP contribution in [0.4, 0.5) is 4.39 Å². The second kappa shape index (κ2) is 9.02. The van der Waals surface area contributed by atoms with E-state index in [4.69, 9.17) is 0 Å². The van der Waals surface area contributed by atoms with E-state index in [0.717, 1.165) is 25.1 Å². The second-order valence-corrected chi connectivity index (χ2v) is 7.42. The number of halogens is 1. The molecule has 1 saturated heterocycles. The fraction of sp³-hybridized carbons (Fsp3) is 0.350. The Morgan fingerprint density at radius 3 is 2.68 bits per heavy atom. The van der Waals surface area contributed by atoms with E-state index in [1.54, 1.807) is 18.2 Å². The molecular formula is C20H23FN2OS. The molecule has 2 aromatic carbocycles. The van der Waals surface area contributed by atoms with Crippen molar-refractivity contribution in [1.82, 2.24) is 10.6 Å². The van der Waals surface area contributed by atoms with Crippen LogP contribution in [-0.4, -0.2) is 25.5 Å². The van der Waals surface area contributed by atoms with Gasteiger partial charge in [-0.15, -0.1) is 11.8 Å². The molecule has 3 rings (SSSR count). The number of amides is 1. The van der Waals surface area contributed by atoms with E-state index < -0.39 is 5.25 Å². The number of hydrogen-bond acceptors (Lipinski definition) is 3. The number of nitrogens with one attached hydrogen (secondary N) is 2. The summed E-state index contributed by atoms with van der Waals surface area (Å²) in [4.78, 5) is 13.3. The number of rotatable bonds is 7. The Bertz CT molecular complexity index is 689. The van der Waals surface area contributed by atoms with Crippen LogP contribution < -0.4 is 10.6 Å². The lowest BCUT2D eigenvalue weighted by atomic mass is 10.1. The van der Waals surface area contributed by atoms with Crippen LogP contribution in [0.25, 0.3) is 0 Å². The third-order valence-electron chi connectivity index (χ3n) is 4.44. The summed E-state index contributed by atoms with van der Waals surface area (Å²) >= 11 is 1.26. The first-order valence-electron chi connectivity index (χ1n) is 8.68. The highest BCUT2D eigenvalue weighted by Crippen LogP contribution is 2.36. The topological polar surface area (TPSA) is 41.1 Å².